The van der Waals surface area contributed by atoms with Crippen LogP contribution in [-0.4, -0.2) is 23.7 Å². The molecule has 0 saturated heterocycles. The number of pyridine rings is 1. The topological polar surface area (TPSA) is 48.4 Å². The Labute approximate surface area is 131 Å². The van der Waals surface area contributed by atoms with Gasteiger partial charge in [0.15, 0.2) is 0 Å². The Morgan fingerprint density at radius 2 is 1.95 bits per heavy atom. The Balaban J connectivity index is 2.53. The number of benzene rings is 1. The Morgan fingerprint density at radius 1 is 1.23 bits per heavy atom. The second kappa shape index (κ2) is 6.34. The zero-order chi connectivity index (χ0) is 16.3. The molecule has 1 aromatic heterocycles. The zero-order valence-electron chi connectivity index (χ0n) is 13.9. The van der Waals surface area contributed by atoms with Crippen LogP contribution in [0.15, 0.2) is 24.3 Å². The molecule has 118 valence electrons. The predicted molar refractivity (Wildman–Crippen MR) is 87.5 cm³/mol. The van der Waals surface area contributed by atoms with Crippen LogP contribution in [0, 0.1) is 0 Å². The van der Waals surface area contributed by atoms with Crippen LogP contribution in [0.3, 0.4) is 0 Å². The molecule has 4 heteroatoms. The monoisotopic (exact) mass is 301 g/mol. The van der Waals surface area contributed by atoms with Crippen molar-refractivity contribution in [2.45, 2.75) is 46.1 Å². The van der Waals surface area contributed by atoms with Gasteiger partial charge in [-0.15, -0.1) is 0 Å². The first kappa shape index (κ1) is 16.3. The largest absolute Gasteiger partial charge is 0.497 e. The number of carbonyl (C=O) groups excluding carboxylic acids is 1. The van der Waals surface area contributed by atoms with Crippen molar-refractivity contribution in [2.75, 3.05) is 7.11 Å². The first-order chi connectivity index (χ1) is 10.3. The van der Waals surface area contributed by atoms with E-state index in [2.05, 4.69) is 11.9 Å². The van der Waals surface area contributed by atoms with Crippen LogP contribution in [0.1, 0.15) is 50.2 Å². The van der Waals surface area contributed by atoms with Crippen LogP contribution in [0.25, 0.3) is 10.9 Å². The van der Waals surface area contributed by atoms with E-state index in [0.29, 0.717) is 5.69 Å². The molecule has 0 aliphatic rings. The summed E-state index contributed by atoms with van der Waals surface area (Å²) in [5.74, 6) is 0.332. The Hall–Kier alpha value is -2.10. The van der Waals surface area contributed by atoms with Crippen molar-refractivity contribution in [2.24, 2.45) is 0 Å². The molecule has 0 unspecified atom stereocenters. The third-order valence-electron chi connectivity index (χ3n) is 3.23. The van der Waals surface area contributed by atoms with Crippen molar-refractivity contribution in [1.29, 1.82) is 0 Å². The number of rotatable bonds is 4. The molecule has 1 aromatic carbocycles. The Bertz CT molecular complexity index is 687. The summed E-state index contributed by atoms with van der Waals surface area (Å²) < 4.78 is 10.7. The third kappa shape index (κ3) is 3.75. The van der Waals surface area contributed by atoms with Gasteiger partial charge in [0.2, 0.25) is 0 Å². The molecule has 0 aliphatic carbocycles. The van der Waals surface area contributed by atoms with Crippen molar-refractivity contribution in [1.82, 2.24) is 4.98 Å². The summed E-state index contributed by atoms with van der Waals surface area (Å²) in [5.41, 5.74) is 1.67. The van der Waals surface area contributed by atoms with Gasteiger partial charge in [0.05, 0.1) is 12.6 Å². The smallest absolute Gasteiger partial charge is 0.357 e. The van der Waals surface area contributed by atoms with Crippen LogP contribution in [0.5, 0.6) is 5.75 Å². The van der Waals surface area contributed by atoms with Crippen LogP contribution < -0.4 is 4.74 Å². The molecule has 0 amide bonds. The number of hydrogen-bond donors (Lipinski definition) is 0. The molecule has 2 rings (SSSR count). The van der Waals surface area contributed by atoms with Crippen LogP contribution in [0.2, 0.25) is 0 Å². The van der Waals surface area contributed by atoms with Crippen LogP contribution >= 0.6 is 0 Å². The highest BCUT2D eigenvalue weighted by Crippen LogP contribution is 2.25. The summed E-state index contributed by atoms with van der Waals surface area (Å²) in [7, 11) is 1.62. The van der Waals surface area contributed by atoms with Gasteiger partial charge in [-0.1, -0.05) is 13.3 Å². The van der Waals surface area contributed by atoms with Gasteiger partial charge in [-0.25, -0.2) is 9.78 Å². The second-order valence-electron chi connectivity index (χ2n) is 6.30. The van der Waals surface area contributed by atoms with Gasteiger partial charge in [0.1, 0.15) is 17.0 Å². The SMILES string of the molecule is CCCc1cc(C(=O)OC(C)(C)C)nc2cc(OC)ccc12. The highest BCUT2D eigenvalue weighted by atomic mass is 16.6. The molecule has 0 fully saturated rings. The molecule has 0 saturated carbocycles. The quantitative estimate of drug-likeness (QED) is 0.796. The van der Waals surface area contributed by atoms with Gasteiger partial charge in [-0.2, -0.15) is 0 Å². The molecule has 0 spiro atoms. The maximum absolute atomic E-state index is 12.3. The van der Waals surface area contributed by atoms with Crippen molar-refractivity contribution >= 4 is 16.9 Å². The summed E-state index contributed by atoms with van der Waals surface area (Å²) in [6, 6.07) is 7.59. The van der Waals surface area contributed by atoms with Gasteiger partial charge in [0.25, 0.3) is 0 Å². The highest BCUT2D eigenvalue weighted by Gasteiger charge is 2.20. The van der Waals surface area contributed by atoms with E-state index >= 15 is 0 Å². The number of fused-ring (bicyclic) bond motifs is 1. The number of methoxy groups -OCH3 is 1. The Morgan fingerprint density at radius 3 is 2.55 bits per heavy atom. The first-order valence-corrected chi connectivity index (χ1v) is 7.55. The fraction of sp³-hybridized carbons (Fsp3) is 0.444. The zero-order valence-corrected chi connectivity index (χ0v) is 13.9. The minimum Gasteiger partial charge on any atom is -0.497 e. The molecule has 4 nitrogen and oxygen atoms in total. The lowest BCUT2D eigenvalue weighted by Crippen LogP contribution is -2.24. The molecular weight excluding hydrogens is 278 g/mol. The number of carbonyl (C=O) groups is 1. The fourth-order valence-electron chi connectivity index (χ4n) is 2.32. The average Bonchev–Trinajstić information content (AvgIpc) is 2.45. The fourth-order valence-corrected chi connectivity index (χ4v) is 2.32. The third-order valence-corrected chi connectivity index (χ3v) is 3.23. The number of ether oxygens (including phenoxy) is 2. The molecule has 2 aromatic rings. The number of nitrogens with zero attached hydrogens (tertiary/aromatic N) is 1. The number of aryl methyl sites for hydroxylation is 1. The van der Waals surface area contributed by atoms with E-state index < -0.39 is 11.6 Å². The molecule has 1 heterocycles. The lowest BCUT2D eigenvalue weighted by molar-refractivity contribution is 0.00631. The van der Waals surface area contributed by atoms with Gasteiger partial charge in [0, 0.05) is 11.5 Å². The summed E-state index contributed by atoms with van der Waals surface area (Å²) in [5, 5.41) is 1.05. The molecule has 0 radical (unpaired) electrons. The van der Waals surface area contributed by atoms with Crippen LogP contribution in [-0.2, 0) is 11.2 Å². The number of hydrogen-bond acceptors (Lipinski definition) is 4. The van der Waals surface area contributed by atoms with Crippen molar-refractivity contribution in [3.05, 3.63) is 35.5 Å². The standard InChI is InChI=1S/C18H23NO3/c1-6-7-12-10-16(17(20)22-18(2,3)4)19-15-11-13(21-5)8-9-14(12)15/h8-11H,6-7H2,1-5H3. The first-order valence-electron chi connectivity index (χ1n) is 7.55. The van der Waals surface area contributed by atoms with E-state index in [4.69, 9.17) is 9.47 Å². The lowest BCUT2D eigenvalue weighted by Gasteiger charge is -2.19. The van der Waals surface area contributed by atoms with Gasteiger partial charge >= 0.3 is 5.97 Å². The molecule has 22 heavy (non-hydrogen) atoms. The second-order valence-corrected chi connectivity index (χ2v) is 6.30. The minimum absolute atomic E-state index is 0.346. The summed E-state index contributed by atoms with van der Waals surface area (Å²) >= 11 is 0. The molecule has 0 bridgehead atoms. The Kier molecular flexibility index (Phi) is 4.69. The van der Waals surface area contributed by atoms with Gasteiger partial charge < -0.3 is 9.47 Å². The van der Waals surface area contributed by atoms with Gasteiger partial charge in [-0.05, 0) is 51.0 Å². The minimum atomic E-state index is -0.535. The maximum atomic E-state index is 12.3. The van der Waals surface area contributed by atoms with E-state index in [1.807, 2.05) is 45.0 Å². The van der Waals surface area contributed by atoms with E-state index in [0.717, 1.165) is 35.1 Å². The van der Waals surface area contributed by atoms with E-state index in [9.17, 15) is 4.79 Å². The maximum Gasteiger partial charge on any atom is 0.357 e. The summed E-state index contributed by atoms with van der Waals surface area (Å²) in [4.78, 5) is 16.8. The molecular formula is C18H23NO3. The van der Waals surface area contributed by atoms with E-state index in [1.54, 1.807) is 7.11 Å². The van der Waals surface area contributed by atoms with Crippen LogP contribution in [0.4, 0.5) is 0 Å². The normalized spacial score (nSPS) is 11.5. The average molecular weight is 301 g/mol. The lowest BCUT2D eigenvalue weighted by atomic mass is 10.0. The predicted octanol–water partition coefficient (Wildman–Crippen LogP) is 4.15. The highest BCUT2D eigenvalue weighted by molar-refractivity contribution is 5.93. The van der Waals surface area contributed by atoms with E-state index in [1.165, 1.54) is 0 Å². The summed E-state index contributed by atoms with van der Waals surface area (Å²) in [6.45, 7) is 7.66. The molecule has 0 atom stereocenters. The van der Waals surface area contributed by atoms with Crippen molar-refractivity contribution < 1.29 is 14.3 Å². The van der Waals surface area contributed by atoms with E-state index in [-0.39, 0.29) is 0 Å². The van der Waals surface area contributed by atoms with Crippen molar-refractivity contribution in [3.63, 3.8) is 0 Å². The van der Waals surface area contributed by atoms with Crippen molar-refractivity contribution in [3.8, 4) is 5.75 Å². The molecule has 0 N–H and O–H groups in total. The number of esters is 1. The summed E-state index contributed by atoms with van der Waals surface area (Å²) in [6.07, 6.45) is 1.89. The molecule has 0 aliphatic heterocycles. The van der Waals surface area contributed by atoms with Gasteiger partial charge in [-0.3, -0.25) is 0 Å². The number of aromatic nitrogens is 1.